The van der Waals surface area contributed by atoms with Crippen molar-refractivity contribution in [2.45, 2.75) is 13.5 Å². The largest absolute Gasteiger partial charge is 0.480 e. The Bertz CT molecular complexity index is 602. The molecule has 1 aromatic heterocycles. The molecule has 0 radical (unpaired) electrons. The average Bonchev–Trinajstić information content (AvgIpc) is 2.76. The van der Waals surface area contributed by atoms with Crippen molar-refractivity contribution in [3.05, 3.63) is 36.7 Å². The Morgan fingerprint density at radius 1 is 1.32 bits per heavy atom. The molecule has 0 aliphatic heterocycles. The highest BCUT2D eigenvalue weighted by atomic mass is 16.4. The van der Waals surface area contributed by atoms with Gasteiger partial charge in [-0.05, 0) is 24.3 Å². The number of carboxylic acid groups (broad SMARTS) is 1. The van der Waals surface area contributed by atoms with Crippen molar-refractivity contribution in [1.82, 2.24) is 9.55 Å². The quantitative estimate of drug-likeness (QED) is 0.873. The molecule has 1 heterocycles. The number of carbonyl (C=O) groups is 2. The molecule has 2 N–H and O–H groups in total. The molecule has 0 spiro atoms. The summed E-state index contributed by atoms with van der Waals surface area (Å²) >= 11 is 0. The Balaban J connectivity index is 2.25. The predicted octanol–water partition coefficient (Wildman–Crippen LogP) is 1.59. The van der Waals surface area contributed by atoms with E-state index < -0.39 is 5.97 Å². The van der Waals surface area contributed by atoms with Crippen molar-refractivity contribution < 1.29 is 14.7 Å². The minimum Gasteiger partial charge on any atom is -0.480 e. The lowest BCUT2D eigenvalue weighted by Crippen LogP contribution is -2.09. The molecule has 0 atom stereocenters. The van der Waals surface area contributed by atoms with Crippen molar-refractivity contribution in [3.8, 4) is 11.4 Å². The topological polar surface area (TPSA) is 84.2 Å². The van der Waals surface area contributed by atoms with Crippen molar-refractivity contribution in [1.29, 1.82) is 0 Å². The Morgan fingerprint density at radius 3 is 2.58 bits per heavy atom. The SMILES string of the molecule is CC(=O)Nc1ccc(-c2nccn2CC(=O)O)cc1. The third-order valence-electron chi connectivity index (χ3n) is 2.48. The number of imidazole rings is 1. The number of hydrogen-bond donors (Lipinski definition) is 2. The van der Waals surface area contributed by atoms with Gasteiger partial charge in [-0.1, -0.05) is 0 Å². The van der Waals surface area contributed by atoms with E-state index in [1.807, 2.05) is 0 Å². The van der Waals surface area contributed by atoms with Gasteiger partial charge in [0.1, 0.15) is 12.4 Å². The van der Waals surface area contributed by atoms with E-state index in [4.69, 9.17) is 5.11 Å². The first-order valence-corrected chi connectivity index (χ1v) is 5.67. The smallest absolute Gasteiger partial charge is 0.323 e. The molecule has 1 aromatic carbocycles. The number of nitrogens with one attached hydrogen (secondary N) is 1. The Kier molecular flexibility index (Phi) is 3.61. The van der Waals surface area contributed by atoms with Gasteiger partial charge in [-0.15, -0.1) is 0 Å². The molecule has 19 heavy (non-hydrogen) atoms. The van der Waals surface area contributed by atoms with Gasteiger partial charge in [-0.25, -0.2) is 4.98 Å². The number of benzene rings is 1. The number of nitrogens with zero attached hydrogens (tertiary/aromatic N) is 2. The van der Waals surface area contributed by atoms with Gasteiger partial charge >= 0.3 is 5.97 Å². The number of carboxylic acids is 1. The van der Waals surface area contributed by atoms with Crippen LogP contribution in [-0.4, -0.2) is 26.5 Å². The number of carbonyl (C=O) groups excluding carboxylic acids is 1. The molecule has 0 saturated carbocycles. The molecule has 2 aromatic rings. The van der Waals surface area contributed by atoms with Gasteiger partial charge in [0.05, 0.1) is 0 Å². The van der Waals surface area contributed by atoms with Gasteiger partial charge in [0.15, 0.2) is 0 Å². The lowest BCUT2D eigenvalue weighted by molar-refractivity contribution is -0.137. The molecule has 0 bridgehead atoms. The van der Waals surface area contributed by atoms with E-state index in [2.05, 4.69) is 10.3 Å². The molecule has 6 heteroatoms. The third-order valence-corrected chi connectivity index (χ3v) is 2.48. The minimum atomic E-state index is -0.922. The molecule has 6 nitrogen and oxygen atoms in total. The standard InChI is InChI=1S/C13H13N3O3/c1-9(17)15-11-4-2-10(3-5-11)13-14-6-7-16(13)8-12(18)19/h2-7H,8H2,1H3,(H,15,17)(H,18,19). The molecule has 0 fully saturated rings. The van der Waals surface area contributed by atoms with Gasteiger partial charge < -0.3 is 15.0 Å². The first kappa shape index (κ1) is 12.8. The lowest BCUT2D eigenvalue weighted by Gasteiger charge is -2.06. The van der Waals surface area contributed by atoms with Crippen molar-refractivity contribution in [3.63, 3.8) is 0 Å². The number of hydrogen-bond acceptors (Lipinski definition) is 3. The van der Waals surface area contributed by atoms with Crippen LogP contribution in [-0.2, 0) is 16.1 Å². The lowest BCUT2D eigenvalue weighted by atomic mass is 10.2. The maximum Gasteiger partial charge on any atom is 0.323 e. The molecule has 2 rings (SSSR count). The van der Waals surface area contributed by atoms with Crippen LogP contribution in [0.2, 0.25) is 0 Å². The maximum absolute atomic E-state index is 10.9. The first-order chi connectivity index (χ1) is 9.06. The van der Waals surface area contributed by atoms with Crippen LogP contribution in [0, 0.1) is 0 Å². The number of amides is 1. The maximum atomic E-state index is 10.9. The molecule has 1 amide bonds. The Hall–Kier alpha value is -2.63. The summed E-state index contributed by atoms with van der Waals surface area (Å²) in [5, 5.41) is 11.5. The number of anilines is 1. The van der Waals surface area contributed by atoms with Crippen LogP contribution in [0.15, 0.2) is 36.7 Å². The van der Waals surface area contributed by atoms with Gasteiger partial charge in [-0.3, -0.25) is 9.59 Å². The summed E-state index contributed by atoms with van der Waals surface area (Å²) < 4.78 is 1.55. The second-order valence-corrected chi connectivity index (χ2v) is 4.03. The summed E-state index contributed by atoms with van der Waals surface area (Å²) in [5.41, 5.74) is 1.48. The monoisotopic (exact) mass is 259 g/mol. The summed E-state index contributed by atoms with van der Waals surface area (Å²) in [5.74, 6) is -0.481. The zero-order valence-electron chi connectivity index (χ0n) is 10.3. The van der Waals surface area contributed by atoms with Gasteiger partial charge in [-0.2, -0.15) is 0 Å². The predicted molar refractivity (Wildman–Crippen MR) is 69.6 cm³/mol. The Labute approximate surface area is 109 Å². The summed E-state index contributed by atoms with van der Waals surface area (Å²) in [4.78, 5) is 25.8. The highest BCUT2D eigenvalue weighted by Crippen LogP contribution is 2.20. The van der Waals surface area contributed by atoms with Crippen LogP contribution >= 0.6 is 0 Å². The van der Waals surface area contributed by atoms with Gasteiger partial charge in [0.25, 0.3) is 0 Å². The zero-order chi connectivity index (χ0) is 13.8. The summed E-state index contributed by atoms with van der Waals surface area (Å²) in [6.07, 6.45) is 3.17. The van der Waals surface area contributed by atoms with E-state index in [0.29, 0.717) is 11.5 Å². The van der Waals surface area contributed by atoms with Crippen molar-refractivity contribution in [2.24, 2.45) is 0 Å². The van der Waals surface area contributed by atoms with Crippen LogP contribution in [0.1, 0.15) is 6.92 Å². The fraction of sp³-hybridized carbons (Fsp3) is 0.154. The molecular formula is C13H13N3O3. The second-order valence-electron chi connectivity index (χ2n) is 4.03. The third kappa shape index (κ3) is 3.19. The highest BCUT2D eigenvalue weighted by Gasteiger charge is 2.08. The van der Waals surface area contributed by atoms with Crippen LogP contribution in [0.4, 0.5) is 5.69 Å². The normalized spacial score (nSPS) is 10.2. The fourth-order valence-electron chi connectivity index (χ4n) is 1.75. The molecule has 0 aliphatic carbocycles. The number of rotatable bonds is 4. The molecule has 0 saturated heterocycles. The zero-order valence-corrected chi connectivity index (χ0v) is 10.3. The van der Waals surface area contributed by atoms with Crippen LogP contribution < -0.4 is 5.32 Å². The van der Waals surface area contributed by atoms with Crippen molar-refractivity contribution >= 4 is 17.6 Å². The van der Waals surface area contributed by atoms with E-state index in [1.165, 1.54) is 6.92 Å². The van der Waals surface area contributed by atoms with E-state index in [-0.39, 0.29) is 12.5 Å². The fourth-order valence-corrected chi connectivity index (χ4v) is 1.75. The molecule has 0 aliphatic rings. The summed E-state index contributed by atoms with van der Waals surface area (Å²) in [7, 11) is 0. The second kappa shape index (κ2) is 5.34. The molecule has 98 valence electrons. The number of aliphatic carboxylic acids is 1. The average molecular weight is 259 g/mol. The van der Waals surface area contributed by atoms with E-state index in [1.54, 1.807) is 41.2 Å². The van der Waals surface area contributed by atoms with E-state index in [0.717, 1.165) is 5.56 Å². The van der Waals surface area contributed by atoms with Crippen LogP contribution in [0.3, 0.4) is 0 Å². The molecule has 0 unspecified atom stereocenters. The van der Waals surface area contributed by atoms with Gasteiger partial charge in [0.2, 0.25) is 5.91 Å². The highest BCUT2D eigenvalue weighted by molar-refractivity contribution is 5.88. The minimum absolute atomic E-state index is 0.136. The molecular weight excluding hydrogens is 246 g/mol. The summed E-state index contributed by atoms with van der Waals surface area (Å²) in [6, 6.07) is 7.06. The van der Waals surface area contributed by atoms with Crippen LogP contribution in [0.25, 0.3) is 11.4 Å². The van der Waals surface area contributed by atoms with Crippen LogP contribution in [0.5, 0.6) is 0 Å². The number of aromatic nitrogens is 2. The van der Waals surface area contributed by atoms with E-state index in [9.17, 15) is 9.59 Å². The van der Waals surface area contributed by atoms with Gasteiger partial charge in [0, 0.05) is 30.6 Å². The van der Waals surface area contributed by atoms with Crippen molar-refractivity contribution in [2.75, 3.05) is 5.32 Å². The summed E-state index contributed by atoms with van der Waals surface area (Å²) in [6.45, 7) is 1.30. The first-order valence-electron chi connectivity index (χ1n) is 5.67. The Morgan fingerprint density at radius 2 is 2.00 bits per heavy atom. The van der Waals surface area contributed by atoms with E-state index >= 15 is 0 Å².